The van der Waals surface area contributed by atoms with E-state index in [9.17, 15) is 29.1 Å². The van der Waals surface area contributed by atoms with Crippen molar-refractivity contribution in [3.8, 4) is 0 Å². The highest BCUT2D eigenvalue weighted by Crippen LogP contribution is 2.22. The van der Waals surface area contributed by atoms with Crippen molar-refractivity contribution in [2.75, 3.05) is 40.0 Å². The van der Waals surface area contributed by atoms with Gasteiger partial charge < -0.3 is 40.3 Å². The number of aliphatic hydroxyl groups is 1. The summed E-state index contributed by atoms with van der Waals surface area (Å²) in [7, 11) is 1.49. The third-order valence-corrected chi connectivity index (χ3v) is 9.06. The number of likely N-dealkylation sites (N-methyl/N-ethyl adjacent to an activating group) is 1. The number of rotatable bonds is 5. The Morgan fingerprint density at radius 1 is 0.957 bits per heavy atom. The van der Waals surface area contributed by atoms with Crippen molar-refractivity contribution < 1.29 is 38.6 Å². The van der Waals surface area contributed by atoms with Crippen molar-refractivity contribution in [1.82, 2.24) is 25.8 Å². The third-order valence-electron chi connectivity index (χ3n) is 9.06. The van der Waals surface area contributed by atoms with Crippen LogP contribution in [0.3, 0.4) is 0 Å². The van der Waals surface area contributed by atoms with E-state index in [0.717, 1.165) is 5.56 Å². The summed E-state index contributed by atoms with van der Waals surface area (Å²) in [6.07, 6.45) is -0.251. The number of hydrogen-bond donors (Lipinski definition) is 4. The molecule has 254 valence electrons. The molecule has 3 aliphatic heterocycles. The summed E-state index contributed by atoms with van der Waals surface area (Å²) < 4.78 is 11.3. The number of carbonyl (C=O) groups is 5. The lowest BCUT2D eigenvalue weighted by Gasteiger charge is -2.39. The predicted molar refractivity (Wildman–Crippen MR) is 168 cm³/mol. The quantitative estimate of drug-likeness (QED) is 0.348. The summed E-state index contributed by atoms with van der Waals surface area (Å²) in [6, 6.07) is 5.60. The van der Waals surface area contributed by atoms with Crippen LogP contribution in [0.4, 0.5) is 0 Å². The second-order valence-electron chi connectivity index (χ2n) is 13.0. The molecule has 0 radical (unpaired) electrons. The molecule has 1 aromatic carbocycles. The monoisotopic (exact) mass is 643 g/mol. The Bertz CT molecular complexity index is 1220. The van der Waals surface area contributed by atoms with E-state index in [-0.39, 0.29) is 43.9 Å². The summed E-state index contributed by atoms with van der Waals surface area (Å²) >= 11 is 0. The zero-order valence-electron chi connectivity index (χ0n) is 27.3. The number of nitrogens with zero attached hydrogens (tertiary/aromatic N) is 2. The van der Waals surface area contributed by atoms with Crippen molar-refractivity contribution in [2.24, 2.45) is 11.8 Å². The van der Waals surface area contributed by atoms with E-state index in [2.05, 4.69) is 16.0 Å². The Labute approximate surface area is 270 Å². The maximum atomic E-state index is 13.7. The first-order chi connectivity index (χ1) is 21.9. The van der Waals surface area contributed by atoms with Crippen LogP contribution in [-0.2, 0) is 39.9 Å². The summed E-state index contributed by atoms with van der Waals surface area (Å²) in [5.74, 6) is -2.61. The van der Waals surface area contributed by atoms with Crippen LogP contribution in [-0.4, -0.2) is 121 Å². The molecular formula is C33H49N5O8. The molecule has 46 heavy (non-hydrogen) atoms. The molecule has 5 amide bonds. The fourth-order valence-corrected chi connectivity index (χ4v) is 6.20. The summed E-state index contributed by atoms with van der Waals surface area (Å²) in [6.45, 7) is 6.05. The maximum absolute atomic E-state index is 13.7. The highest BCUT2D eigenvalue weighted by Gasteiger charge is 2.40. The minimum atomic E-state index is -1.19. The smallest absolute Gasteiger partial charge is 0.245 e. The largest absolute Gasteiger partial charge is 0.388 e. The average molecular weight is 644 g/mol. The van der Waals surface area contributed by atoms with Crippen LogP contribution in [0.15, 0.2) is 30.3 Å². The molecule has 0 unspecified atom stereocenters. The number of ether oxygens (including phenoxy) is 2. The van der Waals surface area contributed by atoms with Gasteiger partial charge in [-0.3, -0.25) is 24.0 Å². The number of nitrogens with one attached hydrogen (secondary N) is 3. The van der Waals surface area contributed by atoms with Crippen LogP contribution in [0.2, 0.25) is 0 Å². The number of amides is 5. The second-order valence-corrected chi connectivity index (χ2v) is 13.0. The van der Waals surface area contributed by atoms with Crippen molar-refractivity contribution in [3.05, 3.63) is 35.9 Å². The van der Waals surface area contributed by atoms with Gasteiger partial charge >= 0.3 is 0 Å². The number of fused-ring (bicyclic) bond motifs is 2. The van der Waals surface area contributed by atoms with Gasteiger partial charge in [0.2, 0.25) is 29.5 Å². The van der Waals surface area contributed by atoms with Gasteiger partial charge in [-0.15, -0.1) is 0 Å². The van der Waals surface area contributed by atoms with E-state index < -0.39 is 60.0 Å². The Morgan fingerprint density at radius 2 is 1.65 bits per heavy atom. The van der Waals surface area contributed by atoms with E-state index in [0.29, 0.717) is 38.9 Å². The Hall–Kier alpha value is -3.55. The minimum absolute atomic E-state index is 0.0301. The fraction of sp³-hybridized carbons (Fsp3) is 0.667. The van der Waals surface area contributed by atoms with Gasteiger partial charge in [0.25, 0.3) is 0 Å². The molecule has 3 heterocycles. The fourth-order valence-electron chi connectivity index (χ4n) is 6.20. The van der Waals surface area contributed by atoms with Crippen LogP contribution in [0.25, 0.3) is 0 Å². The van der Waals surface area contributed by atoms with E-state index in [1.807, 2.05) is 44.2 Å². The van der Waals surface area contributed by atoms with Gasteiger partial charge in [-0.05, 0) is 44.1 Å². The first-order valence-electron chi connectivity index (χ1n) is 16.3. The average Bonchev–Trinajstić information content (AvgIpc) is 3.04. The van der Waals surface area contributed by atoms with Gasteiger partial charge in [0, 0.05) is 39.2 Å². The summed E-state index contributed by atoms with van der Waals surface area (Å²) in [5, 5.41) is 19.9. The lowest BCUT2D eigenvalue weighted by atomic mass is 9.95. The van der Waals surface area contributed by atoms with Gasteiger partial charge in [0.1, 0.15) is 30.3 Å². The first kappa shape index (κ1) is 35.3. The van der Waals surface area contributed by atoms with E-state index >= 15 is 0 Å². The molecule has 3 aliphatic rings. The van der Waals surface area contributed by atoms with Crippen LogP contribution in [0.1, 0.15) is 52.0 Å². The Morgan fingerprint density at radius 3 is 2.33 bits per heavy atom. The van der Waals surface area contributed by atoms with E-state index in [1.165, 1.54) is 16.8 Å². The number of hydrogen-bond acceptors (Lipinski definition) is 8. The van der Waals surface area contributed by atoms with Crippen molar-refractivity contribution >= 4 is 29.5 Å². The zero-order valence-corrected chi connectivity index (χ0v) is 27.3. The maximum Gasteiger partial charge on any atom is 0.245 e. The molecule has 0 saturated carbocycles. The molecule has 1 aromatic rings. The molecule has 0 spiro atoms. The zero-order chi connectivity index (χ0) is 33.4. The molecule has 13 heteroatoms. The minimum Gasteiger partial charge on any atom is -0.388 e. The lowest BCUT2D eigenvalue weighted by Crippen LogP contribution is -2.60. The SMILES string of the molecule is CC(C)C[C@H]1NC(=O)CN(C(=O)C2CCOCC2)C[C@H]2OCC[C@H](NC(=O)[C@H](Cc3ccccc3)NC(=O)[C@H](C)N(C)C1=O)[C@@H]2O. The van der Waals surface area contributed by atoms with Crippen LogP contribution in [0.5, 0.6) is 0 Å². The van der Waals surface area contributed by atoms with Crippen LogP contribution in [0, 0.1) is 11.8 Å². The molecule has 3 saturated heterocycles. The lowest BCUT2D eigenvalue weighted by molar-refractivity contribution is -0.150. The molecule has 0 aromatic heterocycles. The molecule has 3 fully saturated rings. The summed E-state index contributed by atoms with van der Waals surface area (Å²) in [5.41, 5.74) is 0.818. The van der Waals surface area contributed by atoms with E-state index in [1.54, 1.807) is 6.92 Å². The molecule has 13 nitrogen and oxygen atoms in total. The third kappa shape index (κ3) is 9.26. The van der Waals surface area contributed by atoms with E-state index in [4.69, 9.17) is 9.47 Å². The van der Waals surface area contributed by atoms with Crippen molar-refractivity contribution in [3.63, 3.8) is 0 Å². The Balaban J connectivity index is 1.67. The Kier molecular flexibility index (Phi) is 12.5. The van der Waals surface area contributed by atoms with Gasteiger partial charge in [-0.25, -0.2) is 0 Å². The number of benzene rings is 1. The van der Waals surface area contributed by atoms with Gasteiger partial charge in [-0.2, -0.15) is 0 Å². The van der Waals surface area contributed by atoms with Gasteiger partial charge in [0.05, 0.1) is 19.1 Å². The van der Waals surface area contributed by atoms with Gasteiger partial charge in [0.15, 0.2) is 0 Å². The topological polar surface area (TPSA) is 167 Å². The van der Waals surface area contributed by atoms with Crippen LogP contribution < -0.4 is 16.0 Å². The standard InChI is InChI=1S/C33H49N5O8/c1-20(2)16-26-33(44)37(4)21(3)30(41)36-25(17-22-8-6-5-7-9-22)31(42)35-24-12-15-46-27(29(24)40)18-38(19-28(39)34-26)32(43)23-10-13-45-14-11-23/h5-9,20-21,23-27,29,40H,10-19H2,1-4H3,(H,34,39)(H,35,42)(H,36,41)/t21-,24-,25-,26+,27+,29-/m0/s1. The predicted octanol–water partition coefficient (Wildman–Crippen LogP) is -0.00490. The summed E-state index contributed by atoms with van der Waals surface area (Å²) in [4.78, 5) is 70.8. The van der Waals surface area contributed by atoms with Crippen molar-refractivity contribution in [2.45, 2.75) is 89.3 Å². The number of carbonyl (C=O) groups excluding carboxylic acids is 5. The van der Waals surface area contributed by atoms with Crippen LogP contribution >= 0.6 is 0 Å². The molecule has 2 bridgehead atoms. The first-order valence-corrected chi connectivity index (χ1v) is 16.3. The molecule has 0 aliphatic carbocycles. The normalized spacial score (nSPS) is 29.5. The highest BCUT2D eigenvalue weighted by molar-refractivity contribution is 5.95. The second kappa shape index (κ2) is 16.3. The molecule has 6 atom stereocenters. The molecule has 4 N–H and O–H groups in total. The van der Waals surface area contributed by atoms with Gasteiger partial charge in [-0.1, -0.05) is 44.2 Å². The number of aliphatic hydroxyl groups excluding tert-OH is 1. The molecular weight excluding hydrogens is 594 g/mol. The highest BCUT2D eigenvalue weighted by atomic mass is 16.5. The van der Waals surface area contributed by atoms with Crippen molar-refractivity contribution in [1.29, 1.82) is 0 Å². The molecule has 4 rings (SSSR count).